The Kier molecular flexibility index (Phi) is 7.85. The number of sulfone groups is 1. The lowest BCUT2D eigenvalue weighted by atomic mass is 9.73. The molecule has 0 aliphatic carbocycles. The Labute approximate surface area is 294 Å². The van der Waals surface area contributed by atoms with Crippen molar-refractivity contribution >= 4 is 44.0 Å². The van der Waals surface area contributed by atoms with Gasteiger partial charge < -0.3 is 9.80 Å². The van der Waals surface area contributed by atoms with Crippen molar-refractivity contribution < 1.29 is 8.42 Å². The lowest BCUT2D eigenvalue weighted by molar-refractivity contribution is 0.596. The number of hydrogen-bond donors (Lipinski definition) is 0. The molecule has 0 saturated carbocycles. The molecule has 0 aromatic heterocycles. The molecule has 1 aliphatic heterocycles. The second kappa shape index (κ2) is 12.5. The van der Waals surface area contributed by atoms with Crippen LogP contribution in [0.15, 0.2) is 192 Å². The Bertz CT molecular complexity index is 2300. The van der Waals surface area contributed by atoms with Crippen molar-refractivity contribution in [3.8, 4) is 11.1 Å². The van der Waals surface area contributed by atoms with Gasteiger partial charge in [-0.25, -0.2) is 8.42 Å². The number of benzene rings is 7. The Morgan fingerprint density at radius 2 is 0.820 bits per heavy atom. The van der Waals surface area contributed by atoms with Crippen LogP contribution in [-0.4, -0.2) is 8.42 Å². The normalized spacial score (nSPS) is 13.3. The first-order chi connectivity index (χ1) is 24.3. The van der Waals surface area contributed by atoms with Gasteiger partial charge in [-0.3, -0.25) is 0 Å². The van der Waals surface area contributed by atoms with Crippen molar-refractivity contribution in [2.45, 2.75) is 29.1 Å². The van der Waals surface area contributed by atoms with Gasteiger partial charge in [0, 0.05) is 28.2 Å². The molecule has 0 bridgehead atoms. The zero-order chi connectivity index (χ0) is 34.3. The molecular formula is C45H36N2O2S. The molecule has 4 nitrogen and oxygen atoms in total. The highest BCUT2D eigenvalue weighted by Crippen LogP contribution is 2.51. The van der Waals surface area contributed by atoms with Gasteiger partial charge in [0.15, 0.2) is 0 Å². The summed E-state index contributed by atoms with van der Waals surface area (Å²) in [7, 11) is -3.73. The van der Waals surface area contributed by atoms with Crippen LogP contribution in [0.4, 0.5) is 34.1 Å². The lowest BCUT2D eigenvalue weighted by Crippen LogP contribution is -2.30. The lowest BCUT2D eigenvalue weighted by Gasteiger charge is -2.42. The zero-order valence-electron chi connectivity index (χ0n) is 27.9. The van der Waals surface area contributed by atoms with Gasteiger partial charge in [-0.1, -0.05) is 111 Å². The molecule has 0 spiro atoms. The largest absolute Gasteiger partial charge is 0.311 e. The minimum absolute atomic E-state index is 0.161. The maximum absolute atomic E-state index is 13.8. The summed E-state index contributed by atoms with van der Waals surface area (Å²) in [6, 6.07) is 60.2. The molecular weight excluding hydrogens is 633 g/mol. The van der Waals surface area contributed by atoms with Gasteiger partial charge in [-0.05, 0) is 107 Å². The van der Waals surface area contributed by atoms with Gasteiger partial charge >= 0.3 is 0 Å². The molecule has 0 atom stereocenters. The standard InChI is InChI=1S/C45H36N2O2S/c1-45(2)41-17-9-11-19-43(41)47(44-20-12-10-18-42(44)45)38-27-31-40(32-28-38)50(48,49)39-29-23-34(24-30-39)33-21-25-37(26-22-33)46(35-13-5-3-6-14-35)36-15-7-4-8-16-36/h3-32H,1-2H3. The predicted octanol–water partition coefficient (Wildman–Crippen LogP) is 11.8. The molecule has 0 radical (unpaired) electrons. The van der Waals surface area contributed by atoms with E-state index in [2.05, 4.69) is 121 Å². The monoisotopic (exact) mass is 668 g/mol. The minimum Gasteiger partial charge on any atom is -0.311 e. The Balaban J connectivity index is 1.06. The number of hydrogen-bond acceptors (Lipinski definition) is 4. The van der Waals surface area contributed by atoms with Crippen LogP contribution in [0.5, 0.6) is 0 Å². The molecule has 1 aliphatic rings. The number of para-hydroxylation sites is 4. The van der Waals surface area contributed by atoms with Crippen molar-refractivity contribution in [2.24, 2.45) is 0 Å². The number of anilines is 6. The van der Waals surface area contributed by atoms with E-state index in [0.29, 0.717) is 0 Å². The average molecular weight is 669 g/mol. The molecule has 7 aromatic carbocycles. The average Bonchev–Trinajstić information content (AvgIpc) is 3.17. The highest BCUT2D eigenvalue weighted by molar-refractivity contribution is 7.91. The van der Waals surface area contributed by atoms with Crippen molar-refractivity contribution in [3.63, 3.8) is 0 Å². The summed E-state index contributed by atoms with van der Waals surface area (Å²) in [5, 5.41) is 0. The maximum Gasteiger partial charge on any atom is 0.206 e. The molecule has 0 N–H and O–H groups in total. The van der Waals surface area contributed by atoms with E-state index in [1.54, 1.807) is 24.3 Å². The summed E-state index contributed by atoms with van der Waals surface area (Å²) < 4.78 is 27.6. The van der Waals surface area contributed by atoms with Crippen molar-refractivity contribution in [1.29, 1.82) is 0 Å². The number of rotatable bonds is 7. The highest BCUT2D eigenvalue weighted by atomic mass is 32.2. The van der Waals surface area contributed by atoms with Crippen molar-refractivity contribution in [3.05, 3.63) is 193 Å². The molecule has 50 heavy (non-hydrogen) atoms. The van der Waals surface area contributed by atoms with Crippen molar-refractivity contribution in [2.75, 3.05) is 9.80 Å². The fraction of sp³-hybridized carbons (Fsp3) is 0.0667. The molecule has 1 heterocycles. The maximum atomic E-state index is 13.8. The van der Waals surface area contributed by atoms with Crippen molar-refractivity contribution in [1.82, 2.24) is 0 Å². The highest BCUT2D eigenvalue weighted by Gasteiger charge is 2.36. The second-order valence-corrected chi connectivity index (χ2v) is 15.0. The summed E-state index contributed by atoms with van der Waals surface area (Å²) in [5.74, 6) is 0. The van der Waals surface area contributed by atoms with E-state index < -0.39 is 9.84 Å². The molecule has 7 aromatic rings. The Morgan fingerprint density at radius 3 is 1.30 bits per heavy atom. The first-order valence-corrected chi connectivity index (χ1v) is 18.3. The first-order valence-electron chi connectivity index (χ1n) is 16.8. The van der Waals surface area contributed by atoms with E-state index in [0.717, 1.165) is 45.3 Å². The molecule has 244 valence electrons. The fourth-order valence-corrected chi connectivity index (χ4v) is 8.35. The van der Waals surface area contributed by atoms with E-state index in [1.165, 1.54) is 11.1 Å². The summed E-state index contributed by atoms with van der Waals surface area (Å²) in [5.41, 5.74) is 10.6. The van der Waals surface area contributed by atoms with Crippen LogP contribution in [0.25, 0.3) is 11.1 Å². The minimum atomic E-state index is -3.73. The van der Waals surface area contributed by atoms with Gasteiger partial charge in [0.1, 0.15) is 0 Å². The third-order valence-electron chi connectivity index (χ3n) is 9.69. The van der Waals surface area contributed by atoms with E-state index in [-0.39, 0.29) is 15.2 Å². The summed E-state index contributed by atoms with van der Waals surface area (Å²) in [4.78, 5) is 4.97. The summed E-state index contributed by atoms with van der Waals surface area (Å²) in [6.07, 6.45) is 0. The van der Waals surface area contributed by atoms with Crippen LogP contribution in [0.2, 0.25) is 0 Å². The van der Waals surface area contributed by atoms with Gasteiger partial charge in [0.25, 0.3) is 0 Å². The number of fused-ring (bicyclic) bond motifs is 2. The third kappa shape index (κ3) is 5.46. The van der Waals surface area contributed by atoms with Crippen LogP contribution in [0, 0.1) is 0 Å². The second-order valence-electron chi connectivity index (χ2n) is 13.1. The van der Waals surface area contributed by atoms with E-state index in [9.17, 15) is 8.42 Å². The SMILES string of the molecule is CC1(C)c2ccccc2N(c2ccc(S(=O)(=O)c3ccc(-c4ccc(N(c5ccccc5)c5ccccc5)cc4)cc3)cc2)c2ccccc21. The number of nitrogens with zero attached hydrogens (tertiary/aromatic N) is 2. The molecule has 8 rings (SSSR count). The topological polar surface area (TPSA) is 40.6 Å². The van der Waals surface area contributed by atoms with Gasteiger partial charge in [-0.15, -0.1) is 0 Å². The molecule has 0 fully saturated rings. The van der Waals surface area contributed by atoms with E-state index in [1.807, 2.05) is 60.7 Å². The molecule has 0 unspecified atom stereocenters. The smallest absolute Gasteiger partial charge is 0.206 e. The van der Waals surface area contributed by atoms with E-state index >= 15 is 0 Å². The zero-order valence-corrected chi connectivity index (χ0v) is 28.8. The van der Waals surface area contributed by atoms with Crippen LogP contribution in [0.3, 0.4) is 0 Å². The molecule has 0 saturated heterocycles. The van der Waals surface area contributed by atoms with Gasteiger partial charge in [0.2, 0.25) is 9.84 Å². The third-order valence-corrected chi connectivity index (χ3v) is 11.5. The Hall–Kier alpha value is -5.91. The quantitative estimate of drug-likeness (QED) is 0.169. The van der Waals surface area contributed by atoms with Gasteiger partial charge in [-0.2, -0.15) is 0 Å². The fourth-order valence-electron chi connectivity index (χ4n) is 7.09. The van der Waals surface area contributed by atoms with Crippen LogP contribution >= 0.6 is 0 Å². The van der Waals surface area contributed by atoms with Crippen LogP contribution < -0.4 is 9.80 Å². The van der Waals surface area contributed by atoms with Gasteiger partial charge in [0.05, 0.1) is 21.2 Å². The van der Waals surface area contributed by atoms with Crippen LogP contribution in [-0.2, 0) is 15.3 Å². The summed E-state index contributed by atoms with van der Waals surface area (Å²) in [6.45, 7) is 4.51. The Morgan fingerprint density at radius 1 is 0.440 bits per heavy atom. The summed E-state index contributed by atoms with van der Waals surface area (Å²) >= 11 is 0. The first kappa shape index (κ1) is 31.4. The predicted molar refractivity (Wildman–Crippen MR) is 205 cm³/mol. The van der Waals surface area contributed by atoms with E-state index in [4.69, 9.17) is 0 Å². The molecule has 5 heteroatoms. The van der Waals surface area contributed by atoms with Crippen LogP contribution in [0.1, 0.15) is 25.0 Å². The molecule has 0 amide bonds.